The molecule has 0 aliphatic heterocycles. The van der Waals surface area contributed by atoms with Gasteiger partial charge in [-0.3, -0.25) is 0 Å². The van der Waals surface area contributed by atoms with E-state index in [4.69, 9.17) is 4.74 Å². The van der Waals surface area contributed by atoms with E-state index in [0.29, 0.717) is 0 Å². The second-order valence-corrected chi connectivity index (χ2v) is 7.35. The van der Waals surface area contributed by atoms with E-state index in [1.165, 1.54) is 51.4 Å². The van der Waals surface area contributed by atoms with E-state index in [1.807, 2.05) is 13.0 Å². The zero-order valence-corrected chi connectivity index (χ0v) is 14.6. The average molecular weight is 306 g/mol. The lowest BCUT2D eigenvalue weighted by molar-refractivity contribution is -0.145. The Balaban J connectivity index is 1.67. The Bertz CT molecular complexity index is 345. The molecule has 2 aliphatic rings. The van der Waals surface area contributed by atoms with Gasteiger partial charge >= 0.3 is 5.97 Å². The normalized spacial score (nSPS) is 33.0. The van der Waals surface area contributed by atoms with Gasteiger partial charge in [0.25, 0.3) is 0 Å². The highest BCUT2D eigenvalue weighted by molar-refractivity contribution is 5.82. The van der Waals surface area contributed by atoms with Gasteiger partial charge in [0.1, 0.15) is 6.10 Å². The van der Waals surface area contributed by atoms with E-state index in [-0.39, 0.29) is 12.1 Å². The lowest BCUT2D eigenvalue weighted by Gasteiger charge is -2.37. The molecule has 2 rings (SSSR count). The summed E-state index contributed by atoms with van der Waals surface area (Å²) in [4.78, 5) is 11.6. The van der Waals surface area contributed by atoms with Crippen LogP contribution in [0.25, 0.3) is 0 Å². The van der Waals surface area contributed by atoms with Crippen LogP contribution in [-0.2, 0) is 9.53 Å². The fourth-order valence-corrected chi connectivity index (χ4v) is 4.45. The van der Waals surface area contributed by atoms with Crippen molar-refractivity contribution >= 4 is 5.97 Å². The molecule has 0 aromatic carbocycles. The minimum Gasteiger partial charge on any atom is -0.459 e. The highest BCUT2D eigenvalue weighted by atomic mass is 16.5. The number of rotatable bonds is 6. The van der Waals surface area contributed by atoms with Crippen molar-refractivity contribution in [2.75, 3.05) is 0 Å². The maximum absolute atomic E-state index is 11.6. The summed E-state index contributed by atoms with van der Waals surface area (Å²) in [6.07, 6.45) is 17.8. The number of allylic oxidation sites excluding steroid dienone is 1. The Labute approximate surface area is 136 Å². The first-order valence-corrected chi connectivity index (χ1v) is 9.60. The SMILES string of the molecule is CCC=CC(=O)OC1CCC(C2CCC(CCC)CC2)CC1. The highest BCUT2D eigenvalue weighted by Crippen LogP contribution is 2.41. The van der Waals surface area contributed by atoms with E-state index in [9.17, 15) is 4.79 Å². The van der Waals surface area contributed by atoms with Crippen molar-refractivity contribution in [1.29, 1.82) is 0 Å². The summed E-state index contributed by atoms with van der Waals surface area (Å²) < 4.78 is 5.55. The Morgan fingerprint density at radius 1 is 0.955 bits per heavy atom. The van der Waals surface area contributed by atoms with Crippen molar-refractivity contribution in [1.82, 2.24) is 0 Å². The summed E-state index contributed by atoms with van der Waals surface area (Å²) in [7, 11) is 0. The van der Waals surface area contributed by atoms with Crippen LogP contribution in [0.5, 0.6) is 0 Å². The predicted octanol–water partition coefficient (Wildman–Crippen LogP) is 5.66. The number of hydrogen-bond donors (Lipinski definition) is 0. The molecule has 2 fully saturated rings. The lowest BCUT2D eigenvalue weighted by Crippen LogP contribution is -2.29. The molecule has 22 heavy (non-hydrogen) atoms. The molecule has 0 radical (unpaired) electrons. The van der Waals surface area contributed by atoms with Gasteiger partial charge in [-0.2, -0.15) is 0 Å². The molecule has 2 aliphatic carbocycles. The molecular formula is C20H34O2. The van der Waals surface area contributed by atoms with Crippen molar-refractivity contribution in [3.8, 4) is 0 Å². The summed E-state index contributed by atoms with van der Waals surface area (Å²) in [5, 5.41) is 0. The molecule has 0 heterocycles. The molecular weight excluding hydrogens is 272 g/mol. The van der Waals surface area contributed by atoms with Crippen LogP contribution in [0.1, 0.15) is 84.5 Å². The molecule has 2 nitrogen and oxygen atoms in total. The summed E-state index contributed by atoms with van der Waals surface area (Å²) >= 11 is 0. The third-order valence-electron chi connectivity index (χ3n) is 5.75. The number of carbonyl (C=O) groups excluding carboxylic acids is 1. The molecule has 2 saturated carbocycles. The summed E-state index contributed by atoms with van der Waals surface area (Å²) in [5.74, 6) is 2.70. The van der Waals surface area contributed by atoms with Gasteiger partial charge in [-0.1, -0.05) is 45.6 Å². The van der Waals surface area contributed by atoms with Crippen LogP contribution in [0.2, 0.25) is 0 Å². The van der Waals surface area contributed by atoms with Crippen molar-refractivity contribution in [3.63, 3.8) is 0 Å². The molecule has 0 spiro atoms. The molecule has 126 valence electrons. The Morgan fingerprint density at radius 3 is 2.09 bits per heavy atom. The summed E-state index contributed by atoms with van der Waals surface area (Å²) in [6, 6.07) is 0. The Hall–Kier alpha value is -0.790. The van der Waals surface area contributed by atoms with Crippen LogP contribution < -0.4 is 0 Å². The number of hydrogen-bond acceptors (Lipinski definition) is 2. The fourth-order valence-electron chi connectivity index (χ4n) is 4.45. The van der Waals surface area contributed by atoms with E-state index < -0.39 is 0 Å². The molecule has 0 bridgehead atoms. The molecule has 0 aromatic heterocycles. The fraction of sp³-hybridized carbons (Fsp3) is 0.850. The number of esters is 1. The first kappa shape index (κ1) is 17.6. The Morgan fingerprint density at radius 2 is 1.55 bits per heavy atom. The van der Waals surface area contributed by atoms with Crippen LogP contribution >= 0.6 is 0 Å². The first-order valence-electron chi connectivity index (χ1n) is 9.60. The van der Waals surface area contributed by atoms with Crippen LogP contribution in [0.4, 0.5) is 0 Å². The molecule has 2 heteroatoms. The van der Waals surface area contributed by atoms with E-state index in [1.54, 1.807) is 6.08 Å². The molecule has 0 saturated heterocycles. The Kier molecular flexibility index (Phi) is 7.48. The summed E-state index contributed by atoms with van der Waals surface area (Å²) in [5.41, 5.74) is 0. The van der Waals surface area contributed by atoms with Crippen LogP contribution in [0, 0.1) is 17.8 Å². The molecule has 0 unspecified atom stereocenters. The second-order valence-electron chi connectivity index (χ2n) is 7.35. The van der Waals surface area contributed by atoms with Crippen LogP contribution in [-0.4, -0.2) is 12.1 Å². The largest absolute Gasteiger partial charge is 0.459 e. The summed E-state index contributed by atoms with van der Waals surface area (Å²) in [6.45, 7) is 4.34. The maximum Gasteiger partial charge on any atom is 0.330 e. The van der Waals surface area contributed by atoms with E-state index in [0.717, 1.165) is 37.0 Å². The number of carbonyl (C=O) groups is 1. The zero-order valence-electron chi connectivity index (χ0n) is 14.6. The highest BCUT2D eigenvalue weighted by Gasteiger charge is 2.31. The van der Waals surface area contributed by atoms with Gasteiger partial charge < -0.3 is 4.74 Å². The van der Waals surface area contributed by atoms with Gasteiger partial charge in [0, 0.05) is 6.08 Å². The van der Waals surface area contributed by atoms with Gasteiger partial charge in [0.15, 0.2) is 0 Å². The minimum atomic E-state index is -0.148. The third kappa shape index (κ3) is 5.44. The van der Waals surface area contributed by atoms with Crippen molar-refractivity contribution in [3.05, 3.63) is 12.2 Å². The third-order valence-corrected chi connectivity index (χ3v) is 5.75. The maximum atomic E-state index is 11.6. The smallest absolute Gasteiger partial charge is 0.330 e. The van der Waals surface area contributed by atoms with E-state index >= 15 is 0 Å². The van der Waals surface area contributed by atoms with Gasteiger partial charge in [-0.05, 0) is 62.7 Å². The average Bonchev–Trinajstić information content (AvgIpc) is 2.55. The molecule has 0 atom stereocenters. The quantitative estimate of drug-likeness (QED) is 0.467. The van der Waals surface area contributed by atoms with Gasteiger partial charge in [0.05, 0.1) is 0 Å². The van der Waals surface area contributed by atoms with E-state index in [2.05, 4.69) is 6.92 Å². The van der Waals surface area contributed by atoms with Gasteiger partial charge in [-0.15, -0.1) is 0 Å². The van der Waals surface area contributed by atoms with Crippen molar-refractivity contribution in [2.45, 2.75) is 90.6 Å². The topological polar surface area (TPSA) is 26.3 Å². The van der Waals surface area contributed by atoms with Crippen LogP contribution in [0.15, 0.2) is 12.2 Å². The standard InChI is InChI=1S/C20H34O2/c1-3-5-7-20(21)22-19-14-12-18(13-15-19)17-10-8-16(6-4-2)9-11-17/h5,7,16-19H,3-4,6,8-15H2,1-2H3. The minimum absolute atomic E-state index is 0.148. The van der Waals surface area contributed by atoms with Gasteiger partial charge in [0.2, 0.25) is 0 Å². The second kappa shape index (κ2) is 9.37. The zero-order chi connectivity index (χ0) is 15.8. The van der Waals surface area contributed by atoms with Crippen molar-refractivity contribution in [2.24, 2.45) is 17.8 Å². The first-order chi connectivity index (χ1) is 10.7. The predicted molar refractivity (Wildman–Crippen MR) is 91.6 cm³/mol. The van der Waals surface area contributed by atoms with Crippen molar-refractivity contribution < 1.29 is 9.53 Å². The monoisotopic (exact) mass is 306 g/mol. The van der Waals surface area contributed by atoms with Gasteiger partial charge in [-0.25, -0.2) is 4.79 Å². The lowest BCUT2D eigenvalue weighted by atomic mass is 9.70. The molecule has 0 N–H and O–H groups in total. The molecule has 0 aromatic rings. The molecule has 0 amide bonds. The number of ether oxygens (including phenoxy) is 1. The van der Waals surface area contributed by atoms with Crippen LogP contribution in [0.3, 0.4) is 0 Å².